The van der Waals surface area contributed by atoms with Crippen LogP contribution >= 0.6 is 0 Å². The van der Waals surface area contributed by atoms with Crippen LogP contribution in [0, 0.1) is 5.41 Å². The van der Waals surface area contributed by atoms with E-state index >= 15 is 0 Å². The molecule has 1 saturated heterocycles. The van der Waals surface area contributed by atoms with Crippen LogP contribution in [0.3, 0.4) is 0 Å². The van der Waals surface area contributed by atoms with E-state index in [4.69, 9.17) is 5.11 Å². The topological polar surface area (TPSA) is 86.7 Å². The number of carboxylic acids is 1. The highest BCUT2D eigenvalue weighted by atomic mass is 32.2. The molecule has 112 valence electrons. The summed E-state index contributed by atoms with van der Waals surface area (Å²) < 4.78 is 28.3. The minimum Gasteiger partial charge on any atom is -0.480 e. The first-order valence-corrected chi connectivity index (χ1v) is 8.01. The second-order valence-corrected chi connectivity index (χ2v) is 7.83. The SMILES string of the molecule is CC(NS(=O)(=O)N1CCCCC1C(=O)O)C(C)(C)C. The van der Waals surface area contributed by atoms with E-state index < -0.39 is 22.2 Å². The van der Waals surface area contributed by atoms with Gasteiger partial charge in [-0.15, -0.1) is 0 Å². The van der Waals surface area contributed by atoms with Crippen LogP contribution in [-0.4, -0.2) is 42.4 Å². The van der Waals surface area contributed by atoms with Crippen LogP contribution in [0.1, 0.15) is 47.0 Å². The third-order valence-electron chi connectivity index (χ3n) is 3.67. The van der Waals surface area contributed by atoms with Crippen LogP contribution in [0.4, 0.5) is 0 Å². The number of carboxylic acid groups (broad SMARTS) is 1. The van der Waals surface area contributed by atoms with Gasteiger partial charge in [0.1, 0.15) is 6.04 Å². The van der Waals surface area contributed by atoms with Crippen LogP contribution in [0.2, 0.25) is 0 Å². The fourth-order valence-corrected chi connectivity index (χ4v) is 3.74. The quantitative estimate of drug-likeness (QED) is 0.815. The van der Waals surface area contributed by atoms with Crippen molar-refractivity contribution in [1.82, 2.24) is 9.03 Å². The summed E-state index contributed by atoms with van der Waals surface area (Å²) in [6.07, 6.45) is 1.83. The predicted molar refractivity (Wildman–Crippen MR) is 73.0 cm³/mol. The Hall–Kier alpha value is -0.660. The van der Waals surface area contributed by atoms with Gasteiger partial charge in [0.2, 0.25) is 0 Å². The van der Waals surface area contributed by atoms with Crippen LogP contribution in [0.5, 0.6) is 0 Å². The molecule has 0 saturated carbocycles. The molecule has 6 nitrogen and oxygen atoms in total. The van der Waals surface area contributed by atoms with Crippen molar-refractivity contribution < 1.29 is 18.3 Å². The molecule has 7 heteroatoms. The summed E-state index contributed by atoms with van der Waals surface area (Å²) in [4.78, 5) is 11.2. The zero-order valence-corrected chi connectivity index (χ0v) is 12.8. The van der Waals surface area contributed by atoms with Crippen molar-refractivity contribution in [3.05, 3.63) is 0 Å². The van der Waals surface area contributed by atoms with E-state index in [0.29, 0.717) is 12.8 Å². The maximum Gasteiger partial charge on any atom is 0.322 e. The molecule has 0 bridgehead atoms. The number of hydrogen-bond acceptors (Lipinski definition) is 3. The molecule has 0 amide bonds. The molecule has 0 radical (unpaired) electrons. The Morgan fingerprint density at radius 3 is 2.42 bits per heavy atom. The molecule has 19 heavy (non-hydrogen) atoms. The van der Waals surface area contributed by atoms with Crippen LogP contribution in [-0.2, 0) is 15.0 Å². The summed E-state index contributed by atoms with van der Waals surface area (Å²) in [6, 6.07) is -1.22. The summed E-state index contributed by atoms with van der Waals surface area (Å²) in [5.74, 6) is -1.08. The molecule has 2 N–H and O–H groups in total. The predicted octanol–water partition coefficient (Wildman–Crippen LogP) is 1.19. The molecule has 0 aliphatic carbocycles. The Morgan fingerprint density at radius 1 is 1.37 bits per heavy atom. The van der Waals surface area contributed by atoms with Gasteiger partial charge in [-0.1, -0.05) is 20.8 Å². The third kappa shape index (κ3) is 4.15. The van der Waals surface area contributed by atoms with Gasteiger partial charge < -0.3 is 5.11 Å². The molecule has 1 heterocycles. The number of rotatable bonds is 4. The molecule has 1 aliphatic rings. The van der Waals surface area contributed by atoms with E-state index in [1.807, 2.05) is 20.8 Å². The first-order chi connectivity index (χ1) is 8.55. The van der Waals surface area contributed by atoms with Crippen LogP contribution < -0.4 is 4.72 Å². The highest BCUT2D eigenvalue weighted by Gasteiger charge is 2.38. The summed E-state index contributed by atoms with van der Waals surface area (Å²) in [7, 11) is -3.76. The van der Waals surface area contributed by atoms with Crippen molar-refractivity contribution >= 4 is 16.2 Å². The summed E-state index contributed by atoms with van der Waals surface area (Å²) in [5.41, 5.74) is -0.221. The molecule has 1 rings (SSSR count). The minimum absolute atomic E-state index is 0.221. The second kappa shape index (κ2) is 5.76. The van der Waals surface area contributed by atoms with Gasteiger partial charge in [-0.3, -0.25) is 4.79 Å². The third-order valence-corrected chi connectivity index (χ3v) is 5.38. The lowest BCUT2D eigenvalue weighted by molar-refractivity contribution is -0.142. The number of nitrogens with zero attached hydrogens (tertiary/aromatic N) is 1. The summed E-state index contributed by atoms with van der Waals surface area (Å²) in [6.45, 7) is 7.86. The molecule has 0 aromatic carbocycles. The molecule has 1 fully saturated rings. The normalized spacial score (nSPS) is 24.1. The number of nitrogens with one attached hydrogen (secondary N) is 1. The van der Waals surface area contributed by atoms with Crippen LogP contribution in [0.15, 0.2) is 0 Å². The van der Waals surface area contributed by atoms with Crippen molar-refractivity contribution in [2.45, 2.75) is 59.0 Å². The molecular weight excluding hydrogens is 268 g/mol. The Balaban J connectivity index is 2.89. The second-order valence-electron chi connectivity index (χ2n) is 6.17. The van der Waals surface area contributed by atoms with E-state index in [2.05, 4.69) is 4.72 Å². The number of carbonyl (C=O) groups is 1. The lowest BCUT2D eigenvalue weighted by Gasteiger charge is -2.35. The number of hydrogen-bond donors (Lipinski definition) is 2. The lowest BCUT2D eigenvalue weighted by atomic mass is 9.89. The van der Waals surface area contributed by atoms with E-state index in [9.17, 15) is 13.2 Å². The number of piperidine rings is 1. The van der Waals surface area contributed by atoms with Gasteiger partial charge >= 0.3 is 5.97 Å². The van der Waals surface area contributed by atoms with E-state index in [0.717, 1.165) is 10.7 Å². The fourth-order valence-electron chi connectivity index (χ4n) is 1.91. The van der Waals surface area contributed by atoms with Gasteiger partial charge in [0.25, 0.3) is 10.2 Å². The first kappa shape index (κ1) is 16.4. The molecule has 0 aromatic heterocycles. The Morgan fingerprint density at radius 2 is 1.95 bits per heavy atom. The van der Waals surface area contributed by atoms with Gasteiger partial charge in [-0.2, -0.15) is 17.4 Å². The summed E-state index contributed by atoms with van der Waals surface area (Å²) in [5, 5.41) is 9.13. The average molecular weight is 292 g/mol. The van der Waals surface area contributed by atoms with Gasteiger partial charge in [0.05, 0.1) is 0 Å². The van der Waals surface area contributed by atoms with Crippen LogP contribution in [0.25, 0.3) is 0 Å². The number of aliphatic carboxylic acids is 1. The first-order valence-electron chi connectivity index (χ1n) is 6.57. The largest absolute Gasteiger partial charge is 0.480 e. The van der Waals surface area contributed by atoms with E-state index in [1.54, 1.807) is 6.92 Å². The van der Waals surface area contributed by atoms with E-state index in [-0.39, 0.29) is 18.0 Å². The highest BCUT2D eigenvalue weighted by Crippen LogP contribution is 2.23. The summed E-state index contributed by atoms with van der Waals surface area (Å²) >= 11 is 0. The fraction of sp³-hybridized carbons (Fsp3) is 0.917. The zero-order chi connectivity index (χ0) is 14.8. The van der Waals surface area contributed by atoms with Crippen molar-refractivity contribution in [3.63, 3.8) is 0 Å². The van der Waals surface area contributed by atoms with Crippen molar-refractivity contribution in [3.8, 4) is 0 Å². The smallest absolute Gasteiger partial charge is 0.322 e. The van der Waals surface area contributed by atoms with Crippen molar-refractivity contribution in [2.75, 3.05) is 6.54 Å². The van der Waals surface area contributed by atoms with E-state index in [1.165, 1.54) is 0 Å². The van der Waals surface area contributed by atoms with Gasteiger partial charge in [-0.05, 0) is 31.6 Å². The van der Waals surface area contributed by atoms with Crippen molar-refractivity contribution in [2.24, 2.45) is 5.41 Å². The zero-order valence-electron chi connectivity index (χ0n) is 12.0. The van der Waals surface area contributed by atoms with Gasteiger partial charge in [-0.25, -0.2) is 0 Å². The molecule has 0 aromatic rings. The Labute approximate surface area is 115 Å². The highest BCUT2D eigenvalue weighted by molar-refractivity contribution is 7.87. The Bertz CT molecular complexity index is 428. The Kier molecular flexibility index (Phi) is 4.97. The standard InChI is InChI=1S/C12H24N2O4S/c1-9(12(2,3)4)13-19(17,18)14-8-6-5-7-10(14)11(15)16/h9-10,13H,5-8H2,1-4H3,(H,15,16). The molecule has 1 aliphatic heterocycles. The van der Waals surface area contributed by atoms with Gasteiger partial charge in [0, 0.05) is 12.6 Å². The maximum absolute atomic E-state index is 12.3. The molecule has 0 spiro atoms. The maximum atomic E-state index is 12.3. The molecule has 2 atom stereocenters. The lowest BCUT2D eigenvalue weighted by Crippen LogP contribution is -2.55. The van der Waals surface area contributed by atoms with Gasteiger partial charge in [0.15, 0.2) is 0 Å². The molecule has 2 unspecified atom stereocenters. The van der Waals surface area contributed by atoms with Crippen molar-refractivity contribution in [1.29, 1.82) is 0 Å². The molecular formula is C12H24N2O4S. The minimum atomic E-state index is -3.76. The average Bonchev–Trinajstić information content (AvgIpc) is 2.27. The monoisotopic (exact) mass is 292 g/mol.